The molecule has 1 amide bonds. The molecule has 1 N–H and O–H groups in total. The average molecular weight is 275 g/mol. The molecule has 2 rings (SSSR count). The molecule has 1 unspecified atom stereocenters. The molecule has 2 heterocycles. The van der Waals surface area contributed by atoms with Gasteiger partial charge in [-0.15, -0.1) is 0 Å². The Hall–Kier alpha value is -2.11. The highest BCUT2D eigenvalue weighted by Gasteiger charge is 2.15. The molecule has 1 atom stereocenters. The van der Waals surface area contributed by atoms with E-state index in [1.807, 2.05) is 44.8 Å². The van der Waals surface area contributed by atoms with E-state index in [0.717, 1.165) is 23.4 Å². The molecule has 0 aliphatic rings. The van der Waals surface area contributed by atoms with Crippen molar-refractivity contribution in [1.82, 2.24) is 24.9 Å². The summed E-state index contributed by atoms with van der Waals surface area (Å²) in [5.74, 6) is -0.0516. The largest absolute Gasteiger partial charge is 0.348 e. The summed E-state index contributed by atoms with van der Waals surface area (Å²) in [5, 5.41) is 11.5. The maximum absolute atomic E-state index is 12.0. The highest BCUT2D eigenvalue weighted by molar-refractivity contribution is 5.76. The van der Waals surface area contributed by atoms with Crippen LogP contribution in [0.3, 0.4) is 0 Å². The molecule has 0 spiro atoms. The molecule has 108 valence electrons. The van der Waals surface area contributed by atoms with Gasteiger partial charge >= 0.3 is 0 Å². The van der Waals surface area contributed by atoms with E-state index >= 15 is 0 Å². The zero-order valence-corrected chi connectivity index (χ0v) is 12.4. The first-order valence-corrected chi connectivity index (χ1v) is 6.82. The molecule has 0 radical (unpaired) electrons. The Kier molecular flexibility index (Phi) is 4.22. The van der Waals surface area contributed by atoms with Crippen LogP contribution in [0.15, 0.2) is 18.6 Å². The Morgan fingerprint density at radius 2 is 2.10 bits per heavy atom. The second kappa shape index (κ2) is 5.90. The Morgan fingerprint density at radius 3 is 2.65 bits per heavy atom. The molecule has 0 aliphatic carbocycles. The quantitative estimate of drug-likeness (QED) is 0.901. The van der Waals surface area contributed by atoms with Crippen molar-refractivity contribution in [3.05, 3.63) is 35.4 Å². The van der Waals surface area contributed by atoms with Gasteiger partial charge in [0.2, 0.25) is 5.91 Å². The van der Waals surface area contributed by atoms with E-state index in [0.29, 0.717) is 0 Å². The topological polar surface area (TPSA) is 64.7 Å². The number of nitrogens with one attached hydrogen (secondary N) is 1. The molecule has 2 aromatic heterocycles. The van der Waals surface area contributed by atoms with Crippen molar-refractivity contribution in [2.24, 2.45) is 0 Å². The third kappa shape index (κ3) is 3.26. The van der Waals surface area contributed by atoms with E-state index in [9.17, 15) is 4.79 Å². The summed E-state index contributed by atoms with van der Waals surface area (Å²) in [4.78, 5) is 12.0. The van der Waals surface area contributed by atoms with Gasteiger partial charge in [-0.05, 0) is 33.3 Å². The summed E-state index contributed by atoms with van der Waals surface area (Å²) in [6.45, 7) is 8.98. The van der Waals surface area contributed by atoms with Crippen molar-refractivity contribution in [2.75, 3.05) is 0 Å². The molecule has 0 saturated heterocycles. The number of nitrogens with zero attached hydrogens (tertiary/aromatic N) is 4. The van der Waals surface area contributed by atoms with Crippen molar-refractivity contribution in [2.45, 2.75) is 46.8 Å². The van der Waals surface area contributed by atoms with Crippen LogP contribution in [0.5, 0.6) is 0 Å². The first-order chi connectivity index (χ1) is 9.49. The highest BCUT2D eigenvalue weighted by atomic mass is 16.2. The van der Waals surface area contributed by atoms with Gasteiger partial charge in [-0.2, -0.15) is 10.2 Å². The van der Waals surface area contributed by atoms with Crippen LogP contribution in [-0.2, 0) is 17.9 Å². The summed E-state index contributed by atoms with van der Waals surface area (Å²) < 4.78 is 3.52. The average Bonchev–Trinajstić information content (AvgIpc) is 2.95. The lowest BCUT2D eigenvalue weighted by Gasteiger charge is -2.13. The Balaban J connectivity index is 1.98. The van der Waals surface area contributed by atoms with Crippen LogP contribution in [0.25, 0.3) is 0 Å². The summed E-state index contributed by atoms with van der Waals surface area (Å²) in [6.07, 6.45) is 5.58. The molecule has 2 aromatic rings. The maximum atomic E-state index is 12.0. The van der Waals surface area contributed by atoms with Gasteiger partial charge in [-0.25, -0.2) is 0 Å². The number of hydrogen-bond donors (Lipinski definition) is 1. The number of aryl methyl sites for hydroxylation is 3. The molecule has 0 aliphatic heterocycles. The molecule has 0 fully saturated rings. The van der Waals surface area contributed by atoms with Gasteiger partial charge in [0.1, 0.15) is 6.54 Å². The smallest absolute Gasteiger partial charge is 0.242 e. The van der Waals surface area contributed by atoms with Crippen LogP contribution in [0.1, 0.15) is 36.7 Å². The minimum absolute atomic E-state index is 0.0516. The van der Waals surface area contributed by atoms with Gasteiger partial charge in [-0.3, -0.25) is 14.2 Å². The summed E-state index contributed by atoms with van der Waals surface area (Å²) >= 11 is 0. The molecule has 0 saturated carbocycles. The van der Waals surface area contributed by atoms with Crippen molar-refractivity contribution in [1.29, 1.82) is 0 Å². The van der Waals surface area contributed by atoms with E-state index in [1.54, 1.807) is 10.9 Å². The second-order valence-corrected chi connectivity index (χ2v) is 5.03. The van der Waals surface area contributed by atoms with Crippen LogP contribution in [0, 0.1) is 13.8 Å². The van der Waals surface area contributed by atoms with Crippen LogP contribution in [-0.4, -0.2) is 25.5 Å². The first kappa shape index (κ1) is 14.3. The monoisotopic (exact) mass is 275 g/mol. The van der Waals surface area contributed by atoms with Crippen LogP contribution >= 0.6 is 0 Å². The zero-order valence-electron chi connectivity index (χ0n) is 12.4. The molecular formula is C14H21N5O. The summed E-state index contributed by atoms with van der Waals surface area (Å²) in [7, 11) is 0. The van der Waals surface area contributed by atoms with E-state index in [2.05, 4.69) is 15.5 Å². The van der Waals surface area contributed by atoms with Gasteiger partial charge in [0.05, 0.1) is 17.9 Å². The number of carbonyl (C=O) groups excluding carboxylic acids is 1. The minimum Gasteiger partial charge on any atom is -0.348 e. The van der Waals surface area contributed by atoms with Gasteiger partial charge in [-0.1, -0.05) is 0 Å². The lowest BCUT2D eigenvalue weighted by molar-refractivity contribution is -0.122. The van der Waals surface area contributed by atoms with E-state index in [-0.39, 0.29) is 18.5 Å². The first-order valence-electron chi connectivity index (χ1n) is 6.82. The Bertz CT molecular complexity index is 598. The number of amides is 1. The highest BCUT2D eigenvalue weighted by Crippen LogP contribution is 2.15. The van der Waals surface area contributed by atoms with Gasteiger partial charge in [0, 0.05) is 24.5 Å². The molecular weight excluding hydrogens is 254 g/mol. The van der Waals surface area contributed by atoms with Crippen molar-refractivity contribution >= 4 is 5.91 Å². The standard InChI is InChI=1S/C14H21N5O/c1-5-18-8-13(12(4)17-18)11(3)16-14(20)9-19-7-10(2)6-15-19/h6-8,11H,5,9H2,1-4H3,(H,16,20). The number of carbonyl (C=O) groups is 1. The Labute approximate surface area is 118 Å². The third-order valence-electron chi connectivity index (χ3n) is 3.22. The summed E-state index contributed by atoms with van der Waals surface area (Å²) in [5.41, 5.74) is 3.05. The lowest BCUT2D eigenvalue weighted by atomic mass is 10.1. The van der Waals surface area contributed by atoms with E-state index in [1.165, 1.54) is 0 Å². The van der Waals surface area contributed by atoms with Crippen LogP contribution < -0.4 is 5.32 Å². The fourth-order valence-corrected chi connectivity index (χ4v) is 2.19. The van der Waals surface area contributed by atoms with Crippen molar-refractivity contribution < 1.29 is 4.79 Å². The summed E-state index contributed by atoms with van der Waals surface area (Å²) in [6, 6.07) is -0.0561. The van der Waals surface area contributed by atoms with Crippen molar-refractivity contribution in [3.63, 3.8) is 0 Å². The number of rotatable bonds is 5. The third-order valence-corrected chi connectivity index (χ3v) is 3.22. The fourth-order valence-electron chi connectivity index (χ4n) is 2.19. The molecule has 0 bridgehead atoms. The number of aromatic nitrogens is 4. The zero-order chi connectivity index (χ0) is 14.7. The van der Waals surface area contributed by atoms with E-state index < -0.39 is 0 Å². The number of hydrogen-bond acceptors (Lipinski definition) is 3. The van der Waals surface area contributed by atoms with Crippen LogP contribution in [0.4, 0.5) is 0 Å². The predicted octanol–water partition coefficient (Wildman–Crippen LogP) is 1.59. The SMILES string of the molecule is CCn1cc(C(C)NC(=O)Cn2cc(C)cn2)c(C)n1. The predicted molar refractivity (Wildman–Crippen MR) is 76.2 cm³/mol. The molecule has 20 heavy (non-hydrogen) atoms. The van der Waals surface area contributed by atoms with Crippen LogP contribution in [0.2, 0.25) is 0 Å². The van der Waals surface area contributed by atoms with Gasteiger partial charge < -0.3 is 5.32 Å². The molecule has 6 heteroatoms. The Morgan fingerprint density at radius 1 is 1.35 bits per heavy atom. The molecule has 0 aromatic carbocycles. The normalized spacial score (nSPS) is 12.4. The van der Waals surface area contributed by atoms with Gasteiger partial charge in [0.15, 0.2) is 0 Å². The fraction of sp³-hybridized carbons (Fsp3) is 0.500. The van der Waals surface area contributed by atoms with Gasteiger partial charge in [0.25, 0.3) is 0 Å². The maximum Gasteiger partial charge on any atom is 0.242 e. The van der Waals surface area contributed by atoms with Crippen molar-refractivity contribution in [3.8, 4) is 0 Å². The lowest BCUT2D eigenvalue weighted by Crippen LogP contribution is -2.30. The second-order valence-electron chi connectivity index (χ2n) is 5.03. The van der Waals surface area contributed by atoms with E-state index in [4.69, 9.17) is 0 Å². The minimum atomic E-state index is -0.0561. The molecule has 6 nitrogen and oxygen atoms in total.